The first kappa shape index (κ1) is 24.3. The number of nitrogens with zero attached hydrogens (tertiary/aromatic N) is 5. The fraction of sp³-hybridized carbons (Fsp3) is 0. The molecule has 0 amide bonds. The van der Waals surface area contributed by atoms with E-state index in [1.807, 2.05) is 102 Å². The largest absolute Gasteiger partial charge is 0.463 e. The van der Waals surface area contributed by atoms with E-state index < -0.39 is 0 Å². The minimum absolute atomic E-state index is 0.169. The average molecular weight is 528 g/mol. The summed E-state index contributed by atoms with van der Waals surface area (Å²) in [6.07, 6.45) is 2.81. The van der Waals surface area contributed by atoms with Crippen LogP contribution in [-0.2, 0) is 0 Å². The molecule has 1 aliphatic heterocycles. The molecule has 1 fully saturated rings. The standard InChI is InChI=1S/C31H21N5O2S/c37-28-22(21-38-27-19-11-10-18-26(27)28)20-32-35-31-36(25-16-8-3-9-17-25)29(33-23-12-4-1-5-13-23)30(39-31)34-24-14-6-2-7-15-24/h1-21H. The number of para-hydroxylation sites is 4. The zero-order valence-corrected chi connectivity index (χ0v) is 21.4. The van der Waals surface area contributed by atoms with Crippen LogP contribution in [0.5, 0.6) is 0 Å². The van der Waals surface area contributed by atoms with Gasteiger partial charge >= 0.3 is 0 Å². The Bertz CT molecular complexity index is 1800. The van der Waals surface area contributed by atoms with Crippen molar-refractivity contribution in [3.05, 3.63) is 137 Å². The van der Waals surface area contributed by atoms with Crippen LogP contribution < -0.4 is 10.3 Å². The maximum absolute atomic E-state index is 12.9. The lowest BCUT2D eigenvalue weighted by molar-refractivity contribution is 0.601. The van der Waals surface area contributed by atoms with Crippen molar-refractivity contribution in [3.63, 3.8) is 0 Å². The van der Waals surface area contributed by atoms with Gasteiger partial charge in [-0.1, -0.05) is 66.7 Å². The SMILES string of the molecule is O=c1c(C=NN=C2SC(=Nc3ccccc3)C(=Nc3ccccc3)N2c2ccccc2)coc2ccccc12. The van der Waals surface area contributed by atoms with Crippen LogP contribution in [0.2, 0.25) is 0 Å². The van der Waals surface area contributed by atoms with Gasteiger partial charge in [0.25, 0.3) is 0 Å². The second-order valence-corrected chi connectivity index (χ2v) is 9.40. The van der Waals surface area contributed by atoms with E-state index in [1.165, 1.54) is 24.2 Å². The molecule has 1 saturated heterocycles. The lowest BCUT2D eigenvalue weighted by Crippen LogP contribution is -2.30. The minimum atomic E-state index is -0.169. The van der Waals surface area contributed by atoms with Gasteiger partial charge in [0, 0.05) is 5.69 Å². The van der Waals surface area contributed by atoms with Crippen molar-refractivity contribution < 1.29 is 4.42 Å². The molecule has 4 aromatic carbocycles. The normalized spacial score (nSPS) is 16.7. The predicted molar refractivity (Wildman–Crippen MR) is 161 cm³/mol. The van der Waals surface area contributed by atoms with Gasteiger partial charge in [-0.05, 0) is 60.3 Å². The lowest BCUT2D eigenvalue weighted by atomic mass is 10.2. The number of thioether (sulfide) groups is 1. The Morgan fingerprint density at radius 2 is 1.33 bits per heavy atom. The molecule has 7 nitrogen and oxygen atoms in total. The molecule has 0 aliphatic carbocycles. The smallest absolute Gasteiger partial charge is 0.202 e. The highest BCUT2D eigenvalue weighted by Crippen LogP contribution is 2.33. The Labute approximate surface area is 228 Å². The van der Waals surface area contributed by atoms with Gasteiger partial charge in [0.1, 0.15) is 16.9 Å². The number of amidine groups is 2. The average Bonchev–Trinajstić information content (AvgIpc) is 3.32. The zero-order chi connectivity index (χ0) is 26.4. The molecule has 1 aromatic heterocycles. The van der Waals surface area contributed by atoms with Crippen LogP contribution in [0, 0.1) is 0 Å². The van der Waals surface area contributed by atoms with Crippen molar-refractivity contribution in [1.82, 2.24) is 0 Å². The van der Waals surface area contributed by atoms with Crippen molar-refractivity contribution in [2.75, 3.05) is 4.90 Å². The summed E-state index contributed by atoms with van der Waals surface area (Å²) >= 11 is 1.36. The van der Waals surface area contributed by atoms with Crippen LogP contribution >= 0.6 is 11.8 Å². The molecule has 0 spiro atoms. The second kappa shape index (κ2) is 11.1. The number of rotatable bonds is 5. The number of hydrogen-bond acceptors (Lipinski definition) is 7. The fourth-order valence-corrected chi connectivity index (χ4v) is 4.90. The summed E-state index contributed by atoms with van der Waals surface area (Å²) in [6.45, 7) is 0. The van der Waals surface area contributed by atoms with Gasteiger partial charge in [0.2, 0.25) is 10.6 Å². The summed E-state index contributed by atoms with van der Waals surface area (Å²) in [4.78, 5) is 24.7. The van der Waals surface area contributed by atoms with Gasteiger partial charge in [-0.15, -0.1) is 5.10 Å². The van der Waals surface area contributed by atoms with Crippen LogP contribution in [0.15, 0.2) is 151 Å². The van der Waals surface area contributed by atoms with Crippen molar-refractivity contribution in [2.45, 2.75) is 0 Å². The molecule has 39 heavy (non-hydrogen) atoms. The number of fused-ring (bicyclic) bond motifs is 1. The first-order valence-corrected chi connectivity index (χ1v) is 13.0. The quantitative estimate of drug-likeness (QED) is 0.179. The molecule has 1 aliphatic rings. The molecule has 0 atom stereocenters. The lowest BCUT2D eigenvalue weighted by Gasteiger charge is -2.17. The number of aliphatic imine (C=N–C) groups is 2. The maximum Gasteiger partial charge on any atom is 0.202 e. The topological polar surface area (TPSA) is 82.9 Å². The highest BCUT2D eigenvalue weighted by atomic mass is 32.2. The Kier molecular flexibility index (Phi) is 6.92. The molecule has 188 valence electrons. The zero-order valence-electron chi connectivity index (χ0n) is 20.6. The molecule has 0 bridgehead atoms. The number of anilines is 1. The first-order chi connectivity index (χ1) is 19.3. The van der Waals surface area contributed by atoms with E-state index in [1.54, 1.807) is 18.2 Å². The van der Waals surface area contributed by atoms with Gasteiger partial charge in [-0.3, -0.25) is 9.69 Å². The van der Waals surface area contributed by atoms with E-state index in [9.17, 15) is 4.79 Å². The molecule has 5 aromatic rings. The van der Waals surface area contributed by atoms with E-state index in [-0.39, 0.29) is 5.43 Å². The monoisotopic (exact) mass is 527 g/mol. The Hall–Kier alpha value is -5.08. The van der Waals surface area contributed by atoms with Crippen LogP contribution in [0.3, 0.4) is 0 Å². The van der Waals surface area contributed by atoms with Gasteiger partial charge in [0.15, 0.2) is 5.84 Å². The second-order valence-electron chi connectivity index (χ2n) is 8.44. The van der Waals surface area contributed by atoms with Crippen LogP contribution in [0.25, 0.3) is 11.0 Å². The minimum Gasteiger partial charge on any atom is -0.463 e. The molecule has 2 heterocycles. The molecule has 0 saturated carbocycles. The van der Waals surface area contributed by atoms with Crippen molar-refractivity contribution in [3.8, 4) is 0 Å². The number of benzene rings is 4. The Morgan fingerprint density at radius 3 is 2.05 bits per heavy atom. The summed E-state index contributed by atoms with van der Waals surface area (Å²) in [5, 5.41) is 10.5. The molecule has 0 N–H and O–H groups in total. The van der Waals surface area contributed by atoms with E-state index in [4.69, 9.17) is 14.4 Å². The molecule has 0 unspecified atom stereocenters. The van der Waals surface area contributed by atoms with E-state index in [0.29, 0.717) is 32.6 Å². The molecule has 8 heteroatoms. The molecular weight excluding hydrogens is 506 g/mol. The summed E-state index contributed by atoms with van der Waals surface area (Å²) in [5.74, 6) is 0.625. The highest BCUT2D eigenvalue weighted by Gasteiger charge is 2.34. The third-order valence-electron chi connectivity index (χ3n) is 5.82. The van der Waals surface area contributed by atoms with Gasteiger partial charge in [-0.25, -0.2) is 9.98 Å². The van der Waals surface area contributed by atoms with E-state index >= 15 is 0 Å². The summed E-state index contributed by atoms with van der Waals surface area (Å²) in [5.41, 5.74) is 3.11. The van der Waals surface area contributed by atoms with Gasteiger partial charge < -0.3 is 4.42 Å². The van der Waals surface area contributed by atoms with Gasteiger partial charge in [0.05, 0.1) is 28.5 Å². The van der Waals surface area contributed by atoms with Crippen LogP contribution in [0.4, 0.5) is 17.1 Å². The predicted octanol–water partition coefficient (Wildman–Crippen LogP) is 7.20. The fourth-order valence-electron chi connectivity index (χ4n) is 3.98. The number of hydrogen-bond donors (Lipinski definition) is 0. The summed E-state index contributed by atoms with van der Waals surface area (Å²) < 4.78 is 5.61. The molecular formula is C31H21N5O2S. The summed E-state index contributed by atoms with van der Waals surface area (Å²) in [6, 6.07) is 36.3. The van der Waals surface area contributed by atoms with Crippen LogP contribution in [0.1, 0.15) is 5.56 Å². The molecule has 0 radical (unpaired) electrons. The van der Waals surface area contributed by atoms with E-state index in [0.717, 1.165) is 17.1 Å². The van der Waals surface area contributed by atoms with E-state index in [2.05, 4.69) is 10.2 Å². The highest BCUT2D eigenvalue weighted by molar-refractivity contribution is 8.29. The Balaban J connectivity index is 1.45. The van der Waals surface area contributed by atoms with Crippen molar-refractivity contribution >= 4 is 62.1 Å². The van der Waals surface area contributed by atoms with Crippen LogP contribution in [-0.4, -0.2) is 22.3 Å². The first-order valence-electron chi connectivity index (χ1n) is 12.2. The third-order valence-corrected chi connectivity index (χ3v) is 6.74. The Morgan fingerprint density at radius 1 is 0.718 bits per heavy atom. The maximum atomic E-state index is 12.9. The third kappa shape index (κ3) is 5.32. The summed E-state index contributed by atoms with van der Waals surface area (Å²) in [7, 11) is 0. The van der Waals surface area contributed by atoms with Gasteiger partial charge in [-0.2, -0.15) is 5.10 Å². The molecule has 6 rings (SSSR count). The van der Waals surface area contributed by atoms with Crippen molar-refractivity contribution in [1.29, 1.82) is 0 Å². The van der Waals surface area contributed by atoms with Crippen molar-refractivity contribution in [2.24, 2.45) is 20.2 Å².